The molecule has 0 N–H and O–H groups in total. The lowest BCUT2D eigenvalue weighted by Crippen LogP contribution is -2.54. The van der Waals surface area contributed by atoms with E-state index in [9.17, 15) is 13.2 Å². The first-order valence-corrected chi connectivity index (χ1v) is 6.21. The second kappa shape index (κ2) is 3.39. The van der Waals surface area contributed by atoms with Gasteiger partial charge in [-0.3, -0.25) is 0 Å². The molecule has 2 fully saturated rings. The average molecular weight is 234 g/mol. The van der Waals surface area contributed by atoms with Gasteiger partial charge < -0.3 is 0 Å². The monoisotopic (exact) mass is 234 g/mol. The van der Waals surface area contributed by atoms with Crippen LogP contribution >= 0.6 is 0 Å². The van der Waals surface area contributed by atoms with Crippen LogP contribution in [-0.4, -0.2) is 6.18 Å². The molecule has 0 saturated heterocycles. The molecule has 0 heterocycles. The Morgan fingerprint density at radius 1 is 1.19 bits per heavy atom. The van der Waals surface area contributed by atoms with Crippen molar-refractivity contribution in [1.82, 2.24) is 0 Å². The average Bonchev–Trinajstić information content (AvgIpc) is 1.94. The Bertz CT molecular complexity index is 263. The van der Waals surface area contributed by atoms with Crippen molar-refractivity contribution < 1.29 is 13.2 Å². The number of halogens is 3. The molecule has 1 spiro atoms. The topological polar surface area (TPSA) is 0 Å². The van der Waals surface area contributed by atoms with Gasteiger partial charge in [0, 0.05) is 6.42 Å². The molecule has 2 rings (SSSR count). The molecule has 0 amide bonds. The quantitative estimate of drug-likeness (QED) is 0.644. The minimum absolute atomic E-state index is 0.0864. The summed E-state index contributed by atoms with van der Waals surface area (Å²) in [7, 11) is 0. The number of alkyl halides is 3. The van der Waals surface area contributed by atoms with E-state index in [1.807, 2.05) is 0 Å². The van der Waals surface area contributed by atoms with Gasteiger partial charge in [0.2, 0.25) is 0 Å². The summed E-state index contributed by atoms with van der Waals surface area (Å²) >= 11 is 0. The van der Waals surface area contributed by atoms with Crippen LogP contribution in [0.3, 0.4) is 0 Å². The van der Waals surface area contributed by atoms with E-state index >= 15 is 0 Å². The van der Waals surface area contributed by atoms with Gasteiger partial charge in [0.15, 0.2) is 0 Å². The molecule has 0 aromatic heterocycles. The molecule has 0 aromatic rings. The third-order valence-electron chi connectivity index (χ3n) is 4.92. The van der Waals surface area contributed by atoms with Crippen LogP contribution < -0.4 is 0 Å². The third kappa shape index (κ3) is 2.10. The van der Waals surface area contributed by atoms with E-state index in [0.29, 0.717) is 16.7 Å². The van der Waals surface area contributed by atoms with E-state index in [0.717, 1.165) is 25.7 Å². The largest absolute Gasteiger partial charge is 0.389 e. The van der Waals surface area contributed by atoms with Crippen LogP contribution in [-0.2, 0) is 0 Å². The molecule has 16 heavy (non-hydrogen) atoms. The molecule has 2 aliphatic rings. The zero-order valence-electron chi connectivity index (χ0n) is 10.3. The summed E-state index contributed by atoms with van der Waals surface area (Å²) < 4.78 is 36.5. The van der Waals surface area contributed by atoms with Crippen LogP contribution in [0.4, 0.5) is 13.2 Å². The van der Waals surface area contributed by atoms with Gasteiger partial charge in [0.1, 0.15) is 0 Å². The van der Waals surface area contributed by atoms with Gasteiger partial charge in [-0.1, -0.05) is 20.8 Å². The highest BCUT2D eigenvalue weighted by Gasteiger charge is 2.59. The maximum atomic E-state index is 12.2. The normalized spacial score (nSPS) is 43.3. The minimum atomic E-state index is -3.96. The first-order valence-electron chi connectivity index (χ1n) is 6.21. The smallest absolute Gasteiger partial charge is 0.171 e. The van der Waals surface area contributed by atoms with E-state index in [4.69, 9.17) is 0 Å². The SMILES string of the molecule is CC(C)C1(C)CC2(CC(CC(F)(F)F)C2)C1. The summed E-state index contributed by atoms with van der Waals surface area (Å²) in [5, 5.41) is 0. The Kier molecular flexibility index (Phi) is 2.60. The van der Waals surface area contributed by atoms with Crippen molar-refractivity contribution in [3.05, 3.63) is 0 Å². The van der Waals surface area contributed by atoms with Crippen molar-refractivity contribution >= 4 is 0 Å². The van der Waals surface area contributed by atoms with Crippen LogP contribution in [0, 0.1) is 22.7 Å². The van der Waals surface area contributed by atoms with E-state index < -0.39 is 12.6 Å². The van der Waals surface area contributed by atoms with E-state index in [-0.39, 0.29) is 5.92 Å². The predicted octanol–water partition coefficient (Wildman–Crippen LogP) is 4.79. The van der Waals surface area contributed by atoms with Gasteiger partial charge in [0.25, 0.3) is 0 Å². The number of hydrogen-bond donors (Lipinski definition) is 0. The Morgan fingerprint density at radius 2 is 1.69 bits per heavy atom. The van der Waals surface area contributed by atoms with Gasteiger partial charge in [0.05, 0.1) is 0 Å². The van der Waals surface area contributed by atoms with Gasteiger partial charge in [-0.25, -0.2) is 0 Å². The predicted molar refractivity (Wildman–Crippen MR) is 58.0 cm³/mol. The molecule has 2 aliphatic carbocycles. The van der Waals surface area contributed by atoms with Gasteiger partial charge in [-0.15, -0.1) is 0 Å². The van der Waals surface area contributed by atoms with Crippen LogP contribution in [0.25, 0.3) is 0 Å². The second-order valence-electron chi connectivity index (χ2n) is 6.76. The van der Waals surface area contributed by atoms with Crippen LogP contribution in [0.15, 0.2) is 0 Å². The van der Waals surface area contributed by atoms with E-state index in [1.165, 1.54) is 0 Å². The van der Waals surface area contributed by atoms with Crippen LogP contribution in [0.1, 0.15) is 52.9 Å². The lowest BCUT2D eigenvalue weighted by atomic mass is 9.41. The zero-order valence-corrected chi connectivity index (χ0v) is 10.3. The number of rotatable bonds is 2. The first-order chi connectivity index (χ1) is 7.14. The van der Waals surface area contributed by atoms with Crippen molar-refractivity contribution in [1.29, 1.82) is 0 Å². The Hall–Kier alpha value is -0.210. The second-order valence-corrected chi connectivity index (χ2v) is 6.76. The molecular weight excluding hydrogens is 213 g/mol. The first kappa shape index (κ1) is 12.3. The minimum Gasteiger partial charge on any atom is -0.171 e. The zero-order chi connectivity index (χ0) is 12.2. The summed E-state index contributed by atoms with van der Waals surface area (Å²) in [6.45, 7) is 6.72. The van der Waals surface area contributed by atoms with E-state index in [1.54, 1.807) is 0 Å². The highest BCUT2D eigenvalue weighted by Crippen LogP contribution is 2.69. The fourth-order valence-electron chi connectivity index (χ4n) is 4.00. The summed E-state index contributed by atoms with van der Waals surface area (Å²) in [6, 6.07) is 0. The van der Waals surface area contributed by atoms with Gasteiger partial charge in [-0.05, 0) is 48.3 Å². The summed E-state index contributed by atoms with van der Waals surface area (Å²) in [5.41, 5.74) is 0.693. The molecular formula is C13H21F3. The summed E-state index contributed by atoms with van der Waals surface area (Å²) in [5.74, 6) is 0.566. The van der Waals surface area contributed by atoms with Crippen molar-refractivity contribution in [2.75, 3.05) is 0 Å². The highest BCUT2D eigenvalue weighted by molar-refractivity contribution is 5.08. The molecule has 0 radical (unpaired) electrons. The molecule has 94 valence electrons. The molecule has 2 saturated carbocycles. The van der Waals surface area contributed by atoms with Crippen molar-refractivity contribution in [3.8, 4) is 0 Å². The lowest BCUT2D eigenvalue weighted by molar-refractivity contribution is -0.190. The summed E-state index contributed by atoms with van der Waals surface area (Å²) in [4.78, 5) is 0. The molecule has 0 aromatic carbocycles. The Morgan fingerprint density at radius 3 is 2.06 bits per heavy atom. The molecule has 0 aliphatic heterocycles. The Labute approximate surface area is 95.6 Å². The highest BCUT2D eigenvalue weighted by atomic mass is 19.4. The lowest BCUT2D eigenvalue weighted by Gasteiger charge is -2.64. The molecule has 0 atom stereocenters. The van der Waals surface area contributed by atoms with Crippen molar-refractivity contribution in [2.45, 2.75) is 59.1 Å². The molecule has 0 unspecified atom stereocenters. The molecule has 3 heteroatoms. The summed E-state index contributed by atoms with van der Waals surface area (Å²) in [6.07, 6.45) is -0.605. The standard InChI is InChI=1S/C13H21F3/c1-9(2)11(3)7-12(8-11)4-10(5-12)6-13(14,15)16/h9-10H,4-8H2,1-3H3. The van der Waals surface area contributed by atoms with Gasteiger partial charge >= 0.3 is 6.18 Å². The fraction of sp³-hybridized carbons (Fsp3) is 1.00. The van der Waals surface area contributed by atoms with Crippen LogP contribution in [0.2, 0.25) is 0 Å². The Balaban J connectivity index is 1.79. The van der Waals surface area contributed by atoms with Gasteiger partial charge in [-0.2, -0.15) is 13.2 Å². The molecule has 0 nitrogen and oxygen atoms in total. The van der Waals surface area contributed by atoms with E-state index in [2.05, 4.69) is 20.8 Å². The maximum Gasteiger partial charge on any atom is 0.389 e. The number of hydrogen-bond acceptors (Lipinski definition) is 0. The van der Waals surface area contributed by atoms with Crippen molar-refractivity contribution in [3.63, 3.8) is 0 Å². The van der Waals surface area contributed by atoms with Crippen molar-refractivity contribution in [2.24, 2.45) is 22.7 Å². The molecule has 0 bridgehead atoms. The third-order valence-corrected chi connectivity index (χ3v) is 4.92. The maximum absolute atomic E-state index is 12.2. The fourth-order valence-corrected chi connectivity index (χ4v) is 4.00. The van der Waals surface area contributed by atoms with Crippen LogP contribution in [0.5, 0.6) is 0 Å².